The minimum absolute atomic E-state index is 0.0465. The van der Waals surface area contributed by atoms with Crippen LogP contribution in [0.5, 0.6) is 0 Å². The van der Waals surface area contributed by atoms with Gasteiger partial charge in [-0.25, -0.2) is 0 Å². The number of hydrogen-bond acceptors (Lipinski definition) is 1. The Morgan fingerprint density at radius 1 is 1.40 bits per heavy atom. The number of rotatable bonds is 0. The lowest BCUT2D eigenvalue weighted by Crippen LogP contribution is -2.09. The van der Waals surface area contributed by atoms with E-state index in [2.05, 4.69) is 35.5 Å². The van der Waals surface area contributed by atoms with Crippen LogP contribution in [0.3, 0.4) is 0 Å². The van der Waals surface area contributed by atoms with Crippen molar-refractivity contribution in [3.05, 3.63) is 24.0 Å². The lowest BCUT2D eigenvalue weighted by atomic mass is 10.3. The van der Waals surface area contributed by atoms with Gasteiger partial charge in [-0.05, 0) is 36.7 Å². The van der Waals surface area contributed by atoms with Crippen molar-refractivity contribution in [2.24, 2.45) is 0 Å². The van der Waals surface area contributed by atoms with Crippen molar-refractivity contribution < 1.29 is 4.74 Å². The minimum atomic E-state index is -0.0465. The average Bonchev–Trinajstić information content (AvgIpc) is 2.26. The standard InChI is InChI=1S/C13H9ClO/c1-2-3-4-5-6-7-8-13-10-9-12(14)11-15-13/h8-10,12H,11H2,1H3/b13-8+. The minimum Gasteiger partial charge on any atom is -0.491 e. The quantitative estimate of drug-likeness (QED) is 0.445. The van der Waals surface area contributed by atoms with Crippen LogP contribution in [0.4, 0.5) is 0 Å². The maximum Gasteiger partial charge on any atom is 0.127 e. The fourth-order valence-corrected chi connectivity index (χ4v) is 0.973. The summed E-state index contributed by atoms with van der Waals surface area (Å²) in [7, 11) is 0. The molecule has 1 atom stereocenters. The monoisotopic (exact) mass is 216 g/mol. The van der Waals surface area contributed by atoms with E-state index < -0.39 is 0 Å². The van der Waals surface area contributed by atoms with E-state index in [9.17, 15) is 0 Å². The number of ether oxygens (including phenoxy) is 1. The number of halogens is 1. The summed E-state index contributed by atoms with van der Waals surface area (Å²) >= 11 is 5.79. The molecule has 0 N–H and O–H groups in total. The molecule has 1 aliphatic rings. The van der Waals surface area contributed by atoms with Gasteiger partial charge in [-0.2, -0.15) is 0 Å². The van der Waals surface area contributed by atoms with Crippen LogP contribution in [0.2, 0.25) is 0 Å². The third-order valence-electron chi connectivity index (χ3n) is 1.48. The van der Waals surface area contributed by atoms with E-state index in [0.717, 1.165) is 0 Å². The van der Waals surface area contributed by atoms with E-state index in [1.807, 2.05) is 6.08 Å². The highest BCUT2D eigenvalue weighted by molar-refractivity contribution is 6.22. The molecular formula is C13H9ClO. The first-order valence-corrected chi connectivity index (χ1v) is 4.84. The molecule has 1 heterocycles. The van der Waals surface area contributed by atoms with Crippen LogP contribution in [-0.4, -0.2) is 12.0 Å². The molecule has 74 valence electrons. The molecule has 1 aliphatic heterocycles. The van der Waals surface area contributed by atoms with E-state index in [1.165, 1.54) is 0 Å². The predicted octanol–water partition coefficient (Wildman–Crippen LogP) is 2.09. The zero-order valence-electron chi connectivity index (χ0n) is 8.30. The molecule has 0 spiro atoms. The Balaban J connectivity index is 2.54. The fraction of sp³-hybridized carbons (Fsp3) is 0.231. The van der Waals surface area contributed by atoms with Crippen LogP contribution in [0.1, 0.15) is 6.92 Å². The molecule has 0 aromatic rings. The highest BCUT2D eigenvalue weighted by atomic mass is 35.5. The van der Waals surface area contributed by atoms with Crippen LogP contribution < -0.4 is 0 Å². The van der Waals surface area contributed by atoms with Crippen molar-refractivity contribution in [3.8, 4) is 35.5 Å². The molecule has 0 fully saturated rings. The molecule has 0 saturated carbocycles. The highest BCUT2D eigenvalue weighted by Gasteiger charge is 2.06. The summed E-state index contributed by atoms with van der Waals surface area (Å²) in [4.78, 5) is 0. The fourth-order valence-electron chi connectivity index (χ4n) is 0.837. The van der Waals surface area contributed by atoms with Gasteiger partial charge in [0, 0.05) is 6.08 Å². The molecule has 0 radical (unpaired) electrons. The van der Waals surface area contributed by atoms with Crippen molar-refractivity contribution in [1.82, 2.24) is 0 Å². The van der Waals surface area contributed by atoms with Crippen LogP contribution in [0.25, 0.3) is 0 Å². The lowest BCUT2D eigenvalue weighted by Gasteiger charge is -2.13. The van der Waals surface area contributed by atoms with Gasteiger partial charge >= 0.3 is 0 Å². The number of allylic oxidation sites excluding steroid dienone is 2. The normalized spacial score (nSPS) is 19.9. The molecule has 0 aromatic carbocycles. The van der Waals surface area contributed by atoms with Crippen molar-refractivity contribution in [2.45, 2.75) is 12.3 Å². The van der Waals surface area contributed by atoms with Gasteiger partial charge in [-0.3, -0.25) is 0 Å². The first-order chi connectivity index (χ1) is 7.33. The summed E-state index contributed by atoms with van der Waals surface area (Å²) in [6.07, 6.45) is 5.33. The molecular weight excluding hydrogens is 208 g/mol. The zero-order valence-corrected chi connectivity index (χ0v) is 9.06. The third kappa shape index (κ3) is 4.87. The van der Waals surface area contributed by atoms with Crippen LogP contribution in [0.15, 0.2) is 24.0 Å². The summed E-state index contributed by atoms with van der Waals surface area (Å²) in [6, 6.07) is 0. The zero-order chi connectivity index (χ0) is 10.9. The summed E-state index contributed by atoms with van der Waals surface area (Å²) in [5.41, 5.74) is 0. The Hall–Kier alpha value is -1.75. The molecule has 0 aromatic heterocycles. The Labute approximate surface area is 95.1 Å². The molecule has 1 rings (SSSR count). The lowest BCUT2D eigenvalue weighted by molar-refractivity contribution is 0.224. The summed E-state index contributed by atoms with van der Waals surface area (Å²) < 4.78 is 5.28. The molecule has 1 nitrogen and oxygen atoms in total. The molecule has 0 saturated heterocycles. The topological polar surface area (TPSA) is 9.23 Å². The largest absolute Gasteiger partial charge is 0.491 e. The summed E-state index contributed by atoms with van der Waals surface area (Å²) in [5, 5.41) is -0.0465. The van der Waals surface area contributed by atoms with Gasteiger partial charge in [0.1, 0.15) is 12.4 Å². The predicted molar refractivity (Wildman–Crippen MR) is 61.8 cm³/mol. The molecule has 0 bridgehead atoms. The Kier molecular flexibility index (Phi) is 5.03. The molecule has 0 aliphatic carbocycles. The second-order valence-corrected chi connectivity index (χ2v) is 3.19. The van der Waals surface area contributed by atoms with Gasteiger partial charge in [0.2, 0.25) is 0 Å². The summed E-state index contributed by atoms with van der Waals surface area (Å²) in [6.45, 7) is 2.21. The highest BCUT2D eigenvalue weighted by Crippen LogP contribution is 2.11. The number of hydrogen-bond donors (Lipinski definition) is 0. The molecule has 15 heavy (non-hydrogen) atoms. The van der Waals surface area contributed by atoms with Gasteiger partial charge in [0.25, 0.3) is 0 Å². The molecule has 1 unspecified atom stereocenters. The second kappa shape index (κ2) is 6.67. The first-order valence-electron chi connectivity index (χ1n) is 4.40. The van der Waals surface area contributed by atoms with Gasteiger partial charge in [0.05, 0.1) is 5.38 Å². The van der Waals surface area contributed by atoms with Gasteiger partial charge < -0.3 is 4.74 Å². The van der Waals surface area contributed by atoms with Crippen molar-refractivity contribution >= 4 is 11.6 Å². The average molecular weight is 217 g/mol. The maximum absolute atomic E-state index is 5.79. The van der Waals surface area contributed by atoms with E-state index in [0.29, 0.717) is 12.4 Å². The smallest absolute Gasteiger partial charge is 0.127 e. The maximum atomic E-state index is 5.79. The number of alkyl halides is 1. The second-order valence-electron chi connectivity index (χ2n) is 2.63. The SMILES string of the molecule is CC#CC#CC#C/C=C1\C=CC(Cl)CO1. The molecule has 0 amide bonds. The van der Waals surface area contributed by atoms with Gasteiger partial charge in [-0.1, -0.05) is 17.9 Å². The first kappa shape index (κ1) is 11.3. The van der Waals surface area contributed by atoms with Gasteiger partial charge in [0.15, 0.2) is 0 Å². The van der Waals surface area contributed by atoms with E-state index in [1.54, 1.807) is 19.1 Å². The van der Waals surface area contributed by atoms with E-state index in [-0.39, 0.29) is 5.38 Å². The summed E-state index contributed by atoms with van der Waals surface area (Å²) in [5.74, 6) is 16.5. The van der Waals surface area contributed by atoms with E-state index in [4.69, 9.17) is 16.3 Å². The van der Waals surface area contributed by atoms with Crippen LogP contribution >= 0.6 is 11.6 Å². The Morgan fingerprint density at radius 2 is 2.20 bits per heavy atom. The molecule has 2 heteroatoms. The van der Waals surface area contributed by atoms with Crippen molar-refractivity contribution in [1.29, 1.82) is 0 Å². The van der Waals surface area contributed by atoms with Crippen molar-refractivity contribution in [3.63, 3.8) is 0 Å². The van der Waals surface area contributed by atoms with Gasteiger partial charge in [-0.15, -0.1) is 11.6 Å². The third-order valence-corrected chi connectivity index (χ3v) is 1.75. The Morgan fingerprint density at radius 3 is 2.87 bits per heavy atom. The van der Waals surface area contributed by atoms with Crippen LogP contribution in [-0.2, 0) is 4.74 Å². The van der Waals surface area contributed by atoms with Crippen molar-refractivity contribution in [2.75, 3.05) is 6.61 Å². The van der Waals surface area contributed by atoms with E-state index >= 15 is 0 Å². The van der Waals surface area contributed by atoms with Crippen LogP contribution in [0, 0.1) is 35.5 Å². The Bertz CT molecular complexity index is 452.